The standard InChI is InChI=1S/C35H35F3N4O6.Na/c1-21(2)24-6-7-30(45-3)29(13-24)28-15-32(47-5)31(46-4)14-25(28)20-42(34-40-17-27(18-41-34)48-9-8-33(43)44)19-23-10-22(16-39)11-26(12-23)35(36,37)38;/h6-7,10-15,17-18,21H,8-9,19-20H2,1-5H3,(H,43,44);/q;+1/p-1. The third-order valence-corrected chi connectivity index (χ3v) is 7.45. The summed E-state index contributed by atoms with van der Waals surface area (Å²) in [6.07, 6.45) is -2.35. The molecule has 252 valence electrons. The van der Waals surface area contributed by atoms with Crippen LogP contribution in [0.4, 0.5) is 19.1 Å². The monoisotopic (exact) mass is 686 g/mol. The van der Waals surface area contributed by atoms with E-state index in [-0.39, 0.29) is 84.4 Å². The second kappa shape index (κ2) is 17.2. The maximum atomic E-state index is 13.8. The third kappa shape index (κ3) is 10.0. The minimum absolute atomic E-state index is 0. The van der Waals surface area contributed by atoms with Crippen molar-refractivity contribution in [1.82, 2.24) is 9.97 Å². The van der Waals surface area contributed by atoms with E-state index in [1.54, 1.807) is 24.1 Å². The number of carbonyl (C=O) groups excluding carboxylic acids is 1. The van der Waals surface area contributed by atoms with Crippen molar-refractivity contribution in [2.24, 2.45) is 0 Å². The second-order valence-electron chi connectivity index (χ2n) is 11.1. The van der Waals surface area contributed by atoms with Crippen LogP contribution in [0.5, 0.6) is 23.0 Å². The van der Waals surface area contributed by atoms with E-state index in [4.69, 9.17) is 18.9 Å². The number of nitriles is 1. The molecule has 0 aliphatic rings. The van der Waals surface area contributed by atoms with Crippen LogP contribution < -0.4 is 58.5 Å². The Kier molecular flexibility index (Phi) is 13.7. The zero-order chi connectivity index (χ0) is 35.0. The van der Waals surface area contributed by atoms with Crippen LogP contribution in [0, 0.1) is 11.3 Å². The Morgan fingerprint density at radius 3 is 2.14 bits per heavy atom. The van der Waals surface area contributed by atoms with Gasteiger partial charge in [-0.25, -0.2) is 9.97 Å². The average molecular weight is 687 g/mol. The molecule has 0 unspecified atom stereocenters. The fourth-order valence-corrected chi connectivity index (χ4v) is 5.03. The van der Waals surface area contributed by atoms with E-state index in [2.05, 4.69) is 23.8 Å². The first-order chi connectivity index (χ1) is 22.9. The van der Waals surface area contributed by atoms with Gasteiger partial charge in [0.2, 0.25) is 5.95 Å². The molecule has 0 radical (unpaired) electrons. The molecular weight excluding hydrogens is 652 g/mol. The van der Waals surface area contributed by atoms with Crippen molar-refractivity contribution in [1.29, 1.82) is 5.26 Å². The van der Waals surface area contributed by atoms with E-state index in [1.165, 1.54) is 32.7 Å². The first-order valence-electron chi connectivity index (χ1n) is 14.8. The maximum Gasteiger partial charge on any atom is 1.00 e. The van der Waals surface area contributed by atoms with Gasteiger partial charge in [0.05, 0.1) is 57.5 Å². The van der Waals surface area contributed by atoms with Gasteiger partial charge in [0.25, 0.3) is 0 Å². The smallest absolute Gasteiger partial charge is 0.550 e. The SMILES string of the molecule is COc1cc(CN(Cc2cc(C#N)cc(C(F)(F)F)c2)c2ncc(OCCC(=O)[O-])cn2)c(-c2cc(C(C)C)ccc2OC)cc1OC.[Na+]. The number of hydrogen-bond acceptors (Lipinski definition) is 10. The molecule has 14 heteroatoms. The number of methoxy groups -OCH3 is 3. The number of carbonyl (C=O) groups is 1. The number of aromatic nitrogens is 2. The Bertz CT molecular complexity index is 1800. The summed E-state index contributed by atoms with van der Waals surface area (Å²) in [5.41, 5.74) is 2.27. The molecule has 4 aromatic rings. The Labute approximate surface area is 304 Å². The molecule has 1 heterocycles. The molecule has 4 rings (SSSR count). The van der Waals surface area contributed by atoms with E-state index in [0.717, 1.165) is 23.3 Å². The fraction of sp³-hybridized carbons (Fsp3) is 0.314. The van der Waals surface area contributed by atoms with E-state index < -0.39 is 17.7 Å². The Morgan fingerprint density at radius 2 is 1.57 bits per heavy atom. The topological polar surface area (TPSA) is 130 Å². The molecule has 3 aromatic carbocycles. The predicted molar refractivity (Wildman–Crippen MR) is 169 cm³/mol. The number of benzene rings is 3. The summed E-state index contributed by atoms with van der Waals surface area (Å²) in [4.78, 5) is 21.2. The number of nitrogens with zero attached hydrogens (tertiary/aromatic N) is 4. The van der Waals surface area contributed by atoms with Crippen LogP contribution in [0.1, 0.15) is 54.0 Å². The van der Waals surface area contributed by atoms with Crippen molar-refractivity contribution in [3.05, 3.63) is 88.7 Å². The third-order valence-electron chi connectivity index (χ3n) is 7.45. The molecule has 49 heavy (non-hydrogen) atoms. The Morgan fingerprint density at radius 1 is 0.918 bits per heavy atom. The number of hydrogen-bond donors (Lipinski definition) is 0. The van der Waals surface area contributed by atoms with Gasteiger partial charge < -0.3 is 33.7 Å². The quantitative estimate of drug-likeness (QED) is 0.183. The summed E-state index contributed by atoms with van der Waals surface area (Å²) < 4.78 is 63.8. The number of alkyl halides is 3. The summed E-state index contributed by atoms with van der Waals surface area (Å²) in [7, 11) is 4.57. The van der Waals surface area contributed by atoms with Gasteiger partial charge in [0.15, 0.2) is 17.2 Å². The van der Waals surface area contributed by atoms with Crippen molar-refractivity contribution >= 4 is 11.9 Å². The van der Waals surface area contributed by atoms with E-state index >= 15 is 0 Å². The van der Waals surface area contributed by atoms with Crippen LogP contribution >= 0.6 is 0 Å². The van der Waals surface area contributed by atoms with Gasteiger partial charge >= 0.3 is 35.7 Å². The number of rotatable bonds is 14. The van der Waals surface area contributed by atoms with Crippen LogP contribution in [0.25, 0.3) is 11.1 Å². The van der Waals surface area contributed by atoms with Gasteiger partial charge in [-0.05, 0) is 70.6 Å². The molecule has 0 bridgehead atoms. The van der Waals surface area contributed by atoms with Gasteiger partial charge in [-0.2, -0.15) is 18.4 Å². The molecule has 0 spiro atoms. The molecule has 0 saturated carbocycles. The minimum Gasteiger partial charge on any atom is -0.550 e. The Hall–Kier alpha value is -4.51. The summed E-state index contributed by atoms with van der Waals surface area (Å²) in [6.45, 7) is 3.91. The van der Waals surface area contributed by atoms with E-state index in [9.17, 15) is 28.3 Å². The molecule has 0 saturated heterocycles. The van der Waals surface area contributed by atoms with Crippen molar-refractivity contribution < 1.29 is 71.6 Å². The van der Waals surface area contributed by atoms with Crippen LogP contribution in [0.15, 0.2) is 60.9 Å². The molecule has 0 N–H and O–H groups in total. The molecule has 0 aliphatic carbocycles. The number of aliphatic carboxylic acids is 1. The largest absolute Gasteiger partial charge is 1.00 e. The maximum absolute atomic E-state index is 13.8. The zero-order valence-corrected chi connectivity index (χ0v) is 30.1. The summed E-state index contributed by atoms with van der Waals surface area (Å²) in [6, 6.07) is 14.4. The fourth-order valence-electron chi connectivity index (χ4n) is 5.03. The van der Waals surface area contributed by atoms with Crippen LogP contribution in [0.2, 0.25) is 0 Å². The number of anilines is 1. The van der Waals surface area contributed by atoms with Crippen molar-refractivity contribution in [3.8, 4) is 40.2 Å². The van der Waals surface area contributed by atoms with Gasteiger partial charge in [-0.1, -0.05) is 19.9 Å². The molecule has 0 aliphatic heterocycles. The molecule has 0 atom stereocenters. The normalized spacial score (nSPS) is 10.9. The molecule has 0 amide bonds. The number of carboxylic acid groups (broad SMARTS) is 1. The van der Waals surface area contributed by atoms with Gasteiger partial charge in [0.1, 0.15) is 5.75 Å². The van der Waals surface area contributed by atoms with Crippen molar-refractivity contribution in [2.75, 3.05) is 32.8 Å². The minimum atomic E-state index is -4.68. The van der Waals surface area contributed by atoms with Gasteiger partial charge in [-0.15, -0.1) is 0 Å². The predicted octanol–water partition coefficient (Wildman–Crippen LogP) is 2.91. The first kappa shape index (κ1) is 38.9. The second-order valence-corrected chi connectivity index (χ2v) is 11.1. The average Bonchev–Trinajstić information content (AvgIpc) is 3.07. The van der Waals surface area contributed by atoms with E-state index in [1.807, 2.05) is 24.3 Å². The number of halogens is 3. The van der Waals surface area contributed by atoms with Crippen LogP contribution in [-0.2, 0) is 24.1 Å². The van der Waals surface area contributed by atoms with Crippen molar-refractivity contribution in [3.63, 3.8) is 0 Å². The molecular formula is C35H34F3N4NaO6. The first-order valence-corrected chi connectivity index (χ1v) is 14.8. The summed E-state index contributed by atoms with van der Waals surface area (Å²) in [5.74, 6) is 0.688. The van der Waals surface area contributed by atoms with Crippen molar-refractivity contribution in [2.45, 2.75) is 45.5 Å². The number of carboxylic acids is 1. The molecule has 0 fully saturated rings. The molecule has 1 aromatic heterocycles. The Balaban J connectivity index is 0.00000650. The molecule has 10 nitrogen and oxygen atoms in total. The van der Waals surface area contributed by atoms with Crippen LogP contribution in [-0.4, -0.2) is 43.9 Å². The van der Waals surface area contributed by atoms with Gasteiger partial charge in [0, 0.05) is 31.0 Å². The van der Waals surface area contributed by atoms with Crippen LogP contribution in [0.3, 0.4) is 0 Å². The summed E-state index contributed by atoms with van der Waals surface area (Å²) in [5, 5.41) is 20.3. The van der Waals surface area contributed by atoms with E-state index in [0.29, 0.717) is 28.4 Å². The number of ether oxygens (including phenoxy) is 4. The van der Waals surface area contributed by atoms with Gasteiger partial charge in [-0.3, -0.25) is 0 Å². The summed E-state index contributed by atoms with van der Waals surface area (Å²) >= 11 is 0. The zero-order valence-electron chi connectivity index (χ0n) is 28.1.